The minimum absolute atomic E-state index is 0.292. The highest BCUT2D eigenvalue weighted by Gasteiger charge is 2.12. The molecule has 1 aromatic carbocycles. The van der Waals surface area contributed by atoms with Crippen molar-refractivity contribution in [2.45, 2.75) is 39.3 Å². The average molecular weight is 274 g/mol. The van der Waals surface area contributed by atoms with Gasteiger partial charge in [-0.05, 0) is 31.5 Å². The smallest absolute Gasteiger partial charge is 0.119 e. The Hall–Kier alpha value is -1.81. The zero-order valence-corrected chi connectivity index (χ0v) is 12.1. The third-order valence-corrected chi connectivity index (χ3v) is 3.21. The van der Waals surface area contributed by atoms with Crippen molar-refractivity contribution in [2.24, 2.45) is 0 Å². The van der Waals surface area contributed by atoms with Crippen molar-refractivity contribution in [3.05, 3.63) is 47.8 Å². The maximum Gasteiger partial charge on any atom is 0.119 e. The maximum atomic E-state index is 10.1. The molecule has 0 amide bonds. The molecule has 4 nitrogen and oxygen atoms in total. The van der Waals surface area contributed by atoms with E-state index in [1.54, 1.807) is 0 Å². The largest absolute Gasteiger partial charge is 0.491 e. The van der Waals surface area contributed by atoms with E-state index in [-0.39, 0.29) is 0 Å². The van der Waals surface area contributed by atoms with Crippen molar-refractivity contribution in [2.75, 3.05) is 6.61 Å². The van der Waals surface area contributed by atoms with E-state index < -0.39 is 6.10 Å². The van der Waals surface area contributed by atoms with Gasteiger partial charge in [-0.2, -0.15) is 5.10 Å². The first-order valence-corrected chi connectivity index (χ1v) is 7.14. The Bertz CT molecular complexity index is 523. The van der Waals surface area contributed by atoms with Gasteiger partial charge in [-0.25, -0.2) is 0 Å². The third-order valence-electron chi connectivity index (χ3n) is 3.21. The molecule has 108 valence electrons. The minimum atomic E-state index is -0.526. The number of hydrogen-bond donors (Lipinski definition) is 1. The molecule has 0 fully saturated rings. The van der Waals surface area contributed by atoms with Gasteiger partial charge >= 0.3 is 0 Å². The molecule has 1 N–H and O–H groups in total. The maximum absolute atomic E-state index is 10.1. The summed E-state index contributed by atoms with van der Waals surface area (Å²) in [6.45, 7) is 5.26. The number of aliphatic hydroxyl groups is 1. The predicted molar refractivity (Wildman–Crippen MR) is 78.9 cm³/mol. The standard InChI is InChI=1S/C16H22N2O2/c1-3-13-10-14(18(4-2)17-13)11-15(19)12-20-16-8-6-5-7-9-16/h5-10,15,19H,3-4,11-12H2,1-2H3. The Morgan fingerprint density at radius 1 is 1.25 bits per heavy atom. The first kappa shape index (κ1) is 14.6. The molecule has 2 rings (SSSR count). The van der Waals surface area contributed by atoms with E-state index in [0.717, 1.165) is 30.1 Å². The zero-order chi connectivity index (χ0) is 14.4. The van der Waals surface area contributed by atoms with Crippen molar-refractivity contribution < 1.29 is 9.84 Å². The molecule has 20 heavy (non-hydrogen) atoms. The van der Waals surface area contributed by atoms with Gasteiger partial charge in [-0.15, -0.1) is 0 Å². The highest BCUT2D eigenvalue weighted by Crippen LogP contribution is 2.11. The van der Waals surface area contributed by atoms with Gasteiger partial charge in [-0.1, -0.05) is 25.1 Å². The molecule has 1 unspecified atom stereocenters. The van der Waals surface area contributed by atoms with Crippen molar-refractivity contribution in [1.82, 2.24) is 9.78 Å². The summed E-state index contributed by atoms with van der Waals surface area (Å²) in [6.07, 6.45) is 0.950. The second kappa shape index (κ2) is 7.10. The number of rotatable bonds is 7. The Balaban J connectivity index is 1.91. The number of aryl methyl sites for hydroxylation is 2. The SMILES string of the molecule is CCc1cc(CC(O)COc2ccccc2)n(CC)n1. The second-order valence-electron chi connectivity index (χ2n) is 4.78. The second-order valence-corrected chi connectivity index (χ2v) is 4.78. The molecule has 1 aromatic heterocycles. The lowest BCUT2D eigenvalue weighted by Gasteiger charge is -2.13. The van der Waals surface area contributed by atoms with Crippen LogP contribution in [0.25, 0.3) is 0 Å². The molecule has 0 aliphatic rings. The summed E-state index contributed by atoms with van der Waals surface area (Å²) < 4.78 is 7.52. The van der Waals surface area contributed by atoms with Gasteiger partial charge in [0, 0.05) is 18.7 Å². The zero-order valence-electron chi connectivity index (χ0n) is 12.1. The van der Waals surface area contributed by atoms with Crippen LogP contribution in [0.1, 0.15) is 25.2 Å². The molecule has 1 atom stereocenters. The van der Waals surface area contributed by atoms with E-state index >= 15 is 0 Å². The fraction of sp³-hybridized carbons (Fsp3) is 0.438. The van der Waals surface area contributed by atoms with Gasteiger partial charge in [0.15, 0.2) is 0 Å². The van der Waals surface area contributed by atoms with Crippen LogP contribution in [0.3, 0.4) is 0 Å². The molecule has 4 heteroatoms. The van der Waals surface area contributed by atoms with Gasteiger partial charge in [0.1, 0.15) is 12.4 Å². The Labute approximate surface area is 120 Å². The van der Waals surface area contributed by atoms with Crippen molar-refractivity contribution in [3.8, 4) is 5.75 Å². The molecular formula is C16H22N2O2. The number of para-hydroxylation sites is 1. The number of benzene rings is 1. The summed E-state index contributed by atoms with van der Waals surface area (Å²) in [5, 5.41) is 14.6. The summed E-state index contributed by atoms with van der Waals surface area (Å²) in [5.74, 6) is 0.782. The van der Waals surface area contributed by atoms with Crippen LogP contribution in [0, 0.1) is 0 Å². The lowest BCUT2D eigenvalue weighted by molar-refractivity contribution is 0.106. The average Bonchev–Trinajstić information content (AvgIpc) is 2.88. The number of ether oxygens (including phenoxy) is 1. The number of aromatic nitrogens is 2. The van der Waals surface area contributed by atoms with E-state index in [0.29, 0.717) is 13.0 Å². The van der Waals surface area contributed by atoms with Gasteiger partial charge in [0.2, 0.25) is 0 Å². The number of aliphatic hydroxyl groups excluding tert-OH is 1. The molecule has 0 saturated carbocycles. The van der Waals surface area contributed by atoms with Crippen LogP contribution in [-0.4, -0.2) is 27.6 Å². The molecule has 1 heterocycles. The van der Waals surface area contributed by atoms with E-state index in [1.807, 2.05) is 35.0 Å². The van der Waals surface area contributed by atoms with E-state index in [1.165, 1.54) is 0 Å². The molecule has 0 radical (unpaired) electrons. The fourth-order valence-electron chi connectivity index (χ4n) is 2.14. The van der Waals surface area contributed by atoms with Crippen LogP contribution in [0.2, 0.25) is 0 Å². The van der Waals surface area contributed by atoms with Gasteiger partial charge < -0.3 is 9.84 Å². The fourth-order valence-corrected chi connectivity index (χ4v) is 2.14. The molecule has 0 aliphatic heterocycles. The summed E-state index contributed by atoms with van der Waals surface area (Å²) in [7, 11) is 0. The third kappa shape index (κ3) is 3.84. The lowest BCUT2D eigenvalue weighted by atomic mass is 10.2. The minimum Gasteiger partial charge on any atom is -0.491 e. The van der Waals surface area contributed by atoms with Crippen molar-refractivity contribution in [1.29, 1.82) is 0 Å². The Kier molecular flexibility index (Phi) is 5.18. The summed E-state index contributed by atoms with van der Waals surface area (Å²) in [5.41, 5.74) is 2.13. The molecule has 0 spiro atoms. The highest BCUT2D eigenvalue weighted by molar-refractivity contribution is 5.21. The number of nitrogens with zero attached hydrogens (tertiary/aromatic N) is 2. The molecular weight excluding hydrogens is 252 g/mol. The van der Waals surface area contributed by atoms with E-state index in [9.17, 15) is 5.11 Å². The Morgan fingerprint density at radius 3 is 2.65 bits per heavy atom. The summed E-state index contributed by atoms with van der Waals surface area (Å²) in [4.78, 5) is 0. The first-order chi connectivity index (χ1) is 9.72. The van der Waals surface area contributed by atoms with Crippen LogP contribution in [0.5, 0.6) is 5.75 Å². The predicted octanol–water partition coefficient (Wildman–Crippen LogP) is 2.45. The highest BCUT2D eigenvalue weighted by atomic mass is 16.5. The van der Waals surface area contributed by atoms with Crippen LogP contribution in [-0.2, 0) is 19.4 Å². The molecule has 0 aliphatic carbocycles. The van der Waals surface area contributed by atoms with Gasteiger partial charge in [0.25, 0.3) is 0 Å². The number of hydrogen-bond acceptors (Lipinski definition) is 3. The van der Waals surface area contributed by atoms with Crippen LogP contribution in [0.15, 0.2) is 36.4 Å². The normalized spacial score (nSPS) is 12.3. The lowest BCUT2D eigenvalue weighted by Crippen LogP contribution is -2.21. The molecule has 2 aromatic rings. The van der Waals surface area contributed by atoms with Gasteiger partial charge in [-0.3, -0.25) is 4.68 Å². The molecule has 0 bridgehead atoms. The first-order valence-electron chi connectivity index (χ1n) is 7.14. The van der Waals surface area contributed by atoms with Gasteiger partial charge in [0.05, 0.1) is 11.8 Å². The quantitative estimate of drug-likeness (QED) is 0.843. The van der Waals surface area contributed by atoms with Crippen molar-refractivity contribution >= 4 is 0 Å². The van der Waals surface area contributed by atoms with Crippen LogP contribution in [0.4, 0.5) is 0 Å². The van der Waals surface area contributed by atoms with E-state index in [2.05, 4.69) is 25.0 Å². The topological polar surface area (TPSA) is 47.3 Å². The Morgan fingerprint density at radius 2 is 2.00 bits per heavy atom. The summed E-state index contributed by atoms with van der Waals surface area (Å²) >= 11 is 0. The van der Waals surface area contributed by atoms with Crippen LogP contribution >= 0.6 is 0 Å². The summed E-state index contributed by atoms with van der Waals surface area (Å²) in [6, 6.07) is 11.6. The van der Waals surface area contributed by atoms with E-state index in [4.69, 9.17) is 4.74 Å². The van der Waals surface area contributed by atoms with Crippen molar-refractivity contribution in [3.63, 3.8) is 0 Å². The molecule has 0 saturated heterocycles. The monoisotopic (exact) mass is 274 g/mol. The van der Waals surface area contributed by atoms with Crippen LogP contribution < -0.4 is 4.74 Å².